The Bertz CT molecular complexity index is 656. The van der Waals surface area contributed by atoms with E-state index >= 15 is 0 Å². The molecule has 0 radical (unpaired) electrons. The molecule has 0 spiro atoms. The highest BCUT2D eigenvalue weighted by atomic mass is 19.1. The van der Waals surface area contributed by atoms with Crippen LogP contribution in [0, 0.1) is 5.82 Å². The van der Waals surface area contributed by atoms with Gasteiger partial charge in [0.15, 0.2) is 0 Å². The molecule has 108 valence electrons. The van der Waals surface area contributed by atoms with Gasteiger partial charge in [-0.15, -0.1) is 0 Å². The van der Waals surface area contributed by atoms with Crippen molar-refractivity contribution in [3.8, 4) is 0 Å². The molecular weight excluding hydrogens is 273 g/mol. The van der Waals surface area contributed by atoms with E-state index in [1.54, 1.807) is 24.3 Å². The van der Waals surface area contributed by atoms with Crippen molar-refractivity contribution in [1.29, 1.82) is 0 Å². The summed E-state index contributed by atoms with van der Waals surface area (Å²) in [5.41, 5.74) is 1.42. The van der Waals surface area contributed by atoms with Crippen molar-refractivity contribution < 1.29 is 14.0 Å². The summed E-state index contributed by atoms with van der Waals surface area (Å²) in [7, 11) is 1.51. The van der Waals surface area contributed by atoms with Crippen LogP contribution in [0.2, 0.25) is 0 Å². The quantitative estimate of drug-likeness (QED) is 0.812. The van der Waals surface area contributed by atoms with E-state index in [1.165, 1.54) is 31.3 Å². The highest BCUT2D eigenvalue weighted by Gasteiger charge is 2.07. The monoisotopic (exact) mass is 287 g/mol. The van der Waals surface area contributed by atoms with Crippen molar-refractivity contribution in [2.45, 2.75) is 0 Å². The van der Waals surface area contributed by atoms with Crippen LogP contribution in [0.4, 0.5) is 20.6 Å². The van der Waals surface area contributed by atoms with Crippen LogP contribution in [0.1, 0.15) is 10.4 Å². The van der Waals surface area contributed by atoms with Crippen LogP contribution < -0.4 is 16.0 Å². The lowest BCUT2D eigenvalue weighted by Crippen LogP contribution is -2.24. The smallest absolute Gasteiger partial charge is 0.318 e. The maximum absolute atomic E-state index is 12.8. The first-order chi connectivity index (χ1) is 10.1. The highest BCUT2D eigenvalue weighted by molar-refractivity contribution is 6.04. The van der Waals surface area contributed by atoms with Crippen LogP contribution in [-0.2, 0) is 0 Å². The van der Waals surface area contributed by atoms with Gasteiger partial charge in [-0.05, 0) is 42.5 Å². The Kier molecular flexibility index (Phi) is 4.50. The van der Waals surface area contributed by atoms with Gasteiger partial charge < -0.3 is 16.0 Å². The first kappa shape index (κ1) is 14.5. The average Bonchev–Trinajstić information content (AvgIpc) is 2.48. The number of hydrogen-bond acceptors (Lipinski definition) is 2. The third-order valence-corrected chi connectivity index (χ3v) is 2.71. The molecule has 0 unspecified atom stereocenters. The first-order valence-corrected chi connectivity index (χ1v) is 6.24. The summed E-state index contributed by atoms with van der Waals surface area (Å²) in [4.78, 5) is 23.2. The van der Waals surface area contributed by atoms with Gasteiger partial charge in [0, 0.05) is 24.0 Å². The van der Waals surface area contributed by atoms with E-state index in [0.717, 1.165) is 0 Å². The first-order valence-electron chi connectivity index (χ1n) is 6.24. The Labute approximate surface area is 121 Å². The number of hydrogen-bond donors (Lipinski definition) is 3. The van der Waals surface area contributed by atoms with Gasteiger partial charge in [-0.3, -0.25) is 4.79 Å². The number of carbonyl (C=O) groups is 2. The Morgan fingerprint density at radius 2 is 1.57 bits per heavy atom. The third-order valence-electron chi connectivity index (χ3n) is 2.71. The fourth-order valence-electron chi connectivity index (χ4n) is 1.67. The number of nitrogens with one attached hydrogen (secondary N) is 3. The Morgan fingerprint density at radius 1 is 0.952 bits per heavy atom. The van der Waals surface area contributed by atoms with E-state index in [4.69, 9.17) is 0 Å². The number of benzene rings is 2. The molecule has 6 heteroatoms. The summed E-state index contributed by atoms with van der Waals surface area (Å²) in [6.07, 6.45) is 0. The maximum Gasteiger partial charge on any atom is 0.318 e. The molecule has 0 bridgehead atoms. The molecule has 0 saturated carbocycles. The molecule has 21 heavy (non-hydrogen) atoms. The van der Waals surface area contributed by atoms with Gasteiger partial charge in [0.25, 0.3) is 5.91 Å². The van der Waals surface area contributed by atoms with E-state index in [-0.39, 0.29) is 11.9 Å². The van der Waals surface area contributed by atoms with Crippen LogP contribution in [0.25, 0.3) is 0 Å². The van der Waals surface area contributed by atoms with Crippen LogP contribution in [0.15, 0.2) is 48.5 Å². The topological polar surface area (TPSA) is 70.2 Å². The minimum absolute atomic E-state index is 0.348. The average molecular weight is 287 g/mol. The molecular formula is C15H14FN3O2. The predicted octanol–water partition coefficient (Wildman–Crippen LogP) is 2.83. The SMILES string of the molecule is CNC(=O)Nc1cccc(NC(=O)c2ccc(F)cc2)c1. The normalized spacial score (nSPS) is 9.81. The lowest BCUT2D eigenvalue weighted by Gasteiger charge is -2.08. The van der Waals surface area contributed by atoms with Crippen molar-refractivity contribution in [2.24, 2.45) is 0 Å². The van der Waals surface area contributed by atoms with Gasteiger partial charge in [0.1, 0.15) is 5.82 Å². The summed E-state index contributed by atoms with van der Waals surface area (Å²) in [6.45, 7) is 0. The molecule has 0 aliphatic rings. The Balaban J connectivity index is 2.08. The highest BCUT2D eigenvalue weighted by Crippen LogP contribution is 2.16. The Morgan fingerprint density at radius 3 is 2.19 bits per heavy atom. The van der Waals surface area contributed by atoms with E-state index < -0.39 is 5.82 Å². The molecule has 0 heterocycles. The summed E-state index contributed by atoms with van der Waals surface area (Å²) >= 11 is 0. The van der Waals surface area contributed by atoms with Gasteiger partial charge in [-0.25, -0.2) is 9.18 Å². The fourth-order valence-corrected chi connectivity index (χ4v) is 1.67. The molecule has 2 rings (SSSR count). The van der Waals surface area contributed by atoms with Gasteiger partial charge in [0.2, 0.25) is 0 Å². The lowest BCUT2D eigenvalue weighted by molar-refractivity contribution is 0.102. The predicted molar refractivity (Wildman–Crippen MR) is 78.9 cm³/mol. The fraction of sp³-hybridized carbons (Fsp3) is 0.0667. The molecule has 2 aromatic rings. The van der Waals surface area contributed by atoms with Gasteiger partial charge >= 0.3 is 6.03 Å². The number of amides is 3. The zero-order chi connectivity index (χ0) is 15.2. The number of urea groups is 1. The molecule has 0 aliphatic carbocycles. The van der Waals surface area contributed by atoms with Crippen LogP contribution in [-0.4, -0.2) is 19.0 Å². The second kappa shape index (κ2) is 6.51. The number of anilines is 2. The van der Waals surface area contributed by atoms with Gasteiger partial charge in [-0.2, -0.15) is 0 Å². The number of rotatable bonds is 3. The largest absolute Gasteiger partial charge is 0.341 e. The Hall–Kier alpha value is -2.89. The van der Waals surface area contributed by atoms with Crippen LogP contribution in [0.5, 0.6) is 0 Å². The van der Waals surface area contributed by atoms with Crippen LogP contribution in [0.3, 0.4) is 0 Å². The van der Waals surface area contributed by atoms with E-state index in [2.05, 4.69) is 16.0 Å². The molecule has 2 aromatic carbocycles. The van der Waals surface area contributed by atoms with E-state index in [0.29, 0.717) is 16.9 Å². The van der Waals surface area contributed by atoms with Crippen molar-refractivity contribution in [1.82, 2.24) is 5.32 Å². The van der Waals surface area contributed by atoms with Crippen molar-refractivity contribution >= 4 is 23.3 Å². The maximum atomic E-state index is 12.8. The molecule has 3 amide bonds. The van der Waals surface area contributed by atoms with Crippen LogP contribution >= 0.6 is 0 Å². The number of carbonyl (C=O) groups excluding carboxylic acids is 2. The minimum Gasteiger partial charge on any atom is -0.341 e. The molecule has 0 aliphatic heterocycles. The second-order valence-electron chi connectivity index (χ2n) is 4.25. The molecule has 5 nitrogen and oxygen atoms in total. The standard InChI is InChI=1S/C15H14FN3O2/c1-17-15(21)19-13-4-2-3-12(9-13)18-14(20)10-5-7-11(16)8-6-10/h2-9H,1H3,(H,18,20)(H2,17,19,21). The minimum atomic E-state index is -0.400. The molecule has 0 saturated heterocycles. The third kappa shape index (κ3) is 4.04. The summed E-state index contributed by atoms with van der Waals surface area (Å²) in [5, 5.41) is 7.71. The van der Waals surface area contributed by atoms with Crippen molar-refractivity contribution in [3.05, 3.63) is 59.9 Å². The number of halogens is 1. The molecule has 3 N–H and O–H groups in total. The van der Waals surface area contributed by atoms with Gasteiger partial charge in [0.05, 0.1) is 0 Å². The molecule has 0 fully saturated rings. The summed E-state index contributed by atoms with van der Waals surface area (Å²) in [5.74, 6) is -0.754. The van der Waals surface area contributed by atoms with E-state index in [9.17, 15) is 14.0 Å². The van der Waals surface area contributed by atoms with E-state index in [1.807, 2.05) is 0 Å². The summed E-state index contributed by atoms with van der Waals surface area (Å²) in [6, 6.07) is 11.6. The van der Waals surface area contributed by atoms with Crippen molar-refractivity contribution in [3.63, 3.8) is 0 Å². The molecule has 0 atom stereocenters. The van der Waals surface area contributed by atoms with Gasteiger partial charge in [-0.1, -0.05) is 6.07 Å². The zero-order valence-corrected chi connectivity index (χ0v) is 11.3. The second-order valence-corrected chi connectivity index (χ2v) is 4.25. The van der Waals surface area contributed by atoms with Crippen molar-refractivity contribution in [2.75, 3.05) is 17.7 Å². The summed E-state index contributed by atoms with van der Waals surface area (Å²) < 4.78 is 12.8. The molecule has 0 aromatic heterocycles. The zero-order valence-electron chi connectivity index (χ0n) is 11.3. The lowest BCUT2D eigenvalue weighted by atomic mass is 10.2.